The van der Waals surface area contributed by atoms with Gasteiger partial charge in [-0.3, -0.25) is 24.5 Å². The van der Waals surface area contributed by atoms with Crippen LogP contribution in [0, 0.1) is 11.7 Å². The molecule has 1 heterocycles. The lowest BCUT2D eigenvalue weighted by atomic mass is 9.93. The molecule has 2 fully saturated rings. The van der Waals surface area contributed by atoms with Crippen LogP contribution in [0.3, 0.4) is 0 Å². The molecular formula is C21H25FN4O6. The maximum atomic E-state index is 13.9. The molecule has 0 aromatic heterocycles. The number of hydrogen-bond acceptors (Lipinski definition) is 6. The number of ketones is 1. The number of ether oxygens (including phenoxy) is 1. The smallest absolute Gasteiger partial charge is 0.411 e. The molecule has 1 aliphatic heterocycles. The van der Waals surface area contributed by atoms with Gasteiger partial charge in [0, 0.05) is 19.0 Å². The first kappa shape index (κ1) is 23.2. The number of halogens is 1. The summed E-state index contributed by atoms with van der Waals surface area (Å²) in [6.45, 7) is 1.80. The monoisotopic (exact) mass is 448 g/mol. The molecule has 0 radical (unpaired) electrons. The van der Waals surface area contributed by atoms with Gasteiger partial charge in [0.25, 0.3) is 11.8 Å². The van der Waals surface area contributed by atoms with Crippen LogP contribution < -0.4 is 21.3 Å². The zero-order chi connectivity index (χ0) is 23.4. The largest absolute Gasteiger partial charge is 0.446 e. The zero-order valence-corrected chi connectivity index (χ0v) is 17.7. The summed E-state index contributed by atoms with van der Waals surface area (Å²) in [5.74, 6) is -4.37. The molecular weight excluding hydrogens is 423 g/mol. The fraction of sp³-hybridized carbons (Fsp3) is 0.476. The minimum atomic E-state index is -1.32. The predicted molar refractivity (Wildman–Crippen MR) is 110 cm³/mol. The van der Waals surface area contributed by atoms with Gasteiger partial charge in [-0.1, -0.05) is 0 Å². The number of likely N-dealkylation sites (N-methyl/N-ethyl adjacent to an activating group) is 1. The average Bonchev–Trinajstić information content (AvgIpc) is 3.50. The fourth-order valence-corrected chi connectivity index (χ4v) is 3.48. The van der Waals surface area contributed by atoms with Gasteiger partial charge in [-0.05, 0) is 50.8 Å². The Morgan fingerprint density at radius 2 is 1.97 bits per heavy atom. The van der Waals surface area contributed by atoms with E-state index in [0.717, 1.165) is 25.0 Å². The Balaban J connectivity index is 1.79. The second-order valence-electron chi connectivity index (χ2n) is 7.97. The summed E-state index contributed by atoms with van der Waals surface area (Å²) in [5.41, 5.74) is -0.274. The Morgan fingerprint density at radius 1 is 1.25 bits per heavy atom. The second-order valence-corrected chi connectivity index (χ2v) is 7.97. The first-order valence-corrected chi connectivity index (χ1v) is 10.3. The van der Waals surface area contributed by atoms with Crippen molar-refractivity contribution in [1.82, 2.24) is 16.0 Å². The van der Waals surface area contributed by atoms with Gasteiger partial charge in [0.05, 0.1) is 17.3 Å². The molecule has 11 heteroatoms. The Bertz CT molecular complexity index is 948. The number of carbonyl (C=O) groups excluding carboxylic acids is 5. The molecule has 0 unspecified atom stereocenters. The first-order chi connectivity index (χ1) is 15.2. The molecule has 10 nitrogen and oxygen atoms in total. The number of carbonyl (C=O) groups is 5. The van der Waals surface area contributed by atoms with Crippen LogP contribution in [0.5, 0.6) is 0 Å². The highest BCUT2D eigenvalue weighted by molar-refractivity contribution is 6.38. The summed E-state index contributed by atoms with van der Waals surface area (Å²) in [7, 11) is 1.27. The van der Waals surface area contributed by atoms with E-state index in [0.29, 0.717) is 6.42 Å². The van der Waals surface area contributed by atoms with Gasteiger partial charge >= 0.3 is 6.09 Å². The molecule has 172 valence electrons. The Hall–Kier alpha value is -3.50. The van der Waals surface area contributed by atoms with E-state index in [9.17, 15) is 28.4 Å². The molecule has 0 spiro atoms. The van der Waals surface area contributed by atoms with Crippen molar-refractivity contribution >= 4 is 35.3 Å². The molecule has 1 saturated carbocycles. The highest BCUT2D eigenvalue weighted by atomic mass is 19.1. The normalized spacial score (nSPS) is 20.7. The number of rotatable bonds is 8. The van der Waals surface area contributed by atoms with E-state index in [1.165, 1.54) is 13.1 Å². The van der Waals surface area contributed by atoms with Crippen molar-refractivity contribution < 1.29 is 33.1 Å². The molecule has 2 aliphatic rings. The molecule has 0 bridgehead atoms. The number of Topliss-reactive ketones (excluding diaryl/α,β-unsaturated/α-hetero) is 1. The third-order valence-electron chi connectivity index (χ3n) is 5.25. The van der Waals surface area contributed by atoms with Crippen molar-refractivity contribution in [2.24, 2.45) is 5.92 Å². The van der Waals surface area contributed by atoms with Crippen LogP contribution in [-0.4, -0.2) is 54.8 Å². The van der Waals surface area contributed by atoms with Crippen LogP contribution in [-0.2, 0) is 19.1 Å². The fourth-order valence-electron chi connectivity index (χ4n) is 3.48. The van der Waals surface area contributed by atoms with Gasteiger partial charge in [-0.15, -0.1) is 0 Å². The van der Waals surface area contributed by atoms with Gasteiger partial charge < -0.3 is 20.7 Å². The van der Waals surface area contributed by atoms with Gasteiger partial charge in [0.15, 0.2) is 0 Å². The molecule has 3 rings (SSSR count). The van der Waals surface area contributed by atoms with Crippen molar-refractivity contribution in [2.45, 2.75) is 50.8 Å². The molecule has 4 amide bonds. The summed E-state index contributed by atoms with van der Waals surface area (Å²) in [4.78, 5) is 61.5. The van der Waals surface area contributed by atoms with Crippen molar-refractivity contribution in [2.75, 3.05) is 12.4 Å². The van der Waals surface area contributed by atoms with E-state index < -0.39 is 41.5 Å². The van der Waals surface area contributed by atoms with Crippen LogP contribution in [0.2, 0.25) is 0 Å². The molecule has 1 aromatic carbocycles. The minimum absolute atomic E-state index is 0.0204. The lowest BCUT2D eigenvalue weighted by Gasteiger charge is -2.20. The molecule has 1 aromatic rings. The third-order valence-corrected chi connectivity index (χ3v) is 5.25. The Kier molecular flexibility index (Phi) is 7.06. The molecule has 3 atom stereocenters. The Morgan fingerprint density at radius 3 is 2.56 bits per heavy atom. The first-order valence-electron chi connectivity index (χ1n) is 10.3. The molecule has 1 saturated heterocycles. The van der Waals surface area contributed by atoms with Gasteiger partial charge in [0.1, 0.15) is 11.9 Å². The SMILES string of the molecule is CNC(=O)C(=O)[C@H](C[C@@H]1C[C@@H](C)NC1=O)NC(=O)c1cc(F)ccc1NC(=O)OC1CC1. The average molecular weight is 448 g/mol. The summed E-state index contributed by atoms with van der Waals surface area (Å²) in [5, 5.41) is 9.74. The molecule has 4 N–H and O–H groups in total. The second kappa shape index (κ2) is 9.75. The standard InChI is InChI=1S/C21H25FN4O6/c1-10-7-11(18(28)24-10)8-16(17(27)20(30)23-2)25-19(29)14-9-12(22)3-6-15(14)26-21(31)32-13-4-5-13/h3,6,9-11,13,16H,4-5,7-8H2,1-2H3,(H,23,30)(H,24,28)(H,25,29)(H,26,31)/t10-,11+,16+/m1/s1. The van der Waals surface area contributed by atoms with Gasteiger partial charge in [-0.25, -0.2) is 9.18 Å². The topological polar surface area (TPSA) is 143 Å². The van der Waals surface area contributed by atoms with E-state index in [1.54, 1.807) is 6.92 Å². The quantitative estimate of drug-likeness (QED) is 0.435. The van der Waals surface area contributed by atoms with Crippen molar-refractivity contribution in [1.29, 1.82) is 0 Å². The van der Waals surface area contributed by atoms with Gasteiger partial charge in [0.2, 0.25) is 11.7 Å². The lowest BCUT2D eigenvalue weighted by molar-refractivity contribution is -0.139. The Labute approximate surface area is 183 Å². The number of hydrogen-bond donors (Lipinski definition) is 4. The van der Waals surface area contributed by atoms with E-state index in [1.807, 2.05) is 0 Å². The number of amides is 4. The predicted octanol–water partition coefficient (Wildman–Crippen LogP) is 0.865. The van der Waals surface area contributed by atoms with E-state index in [2.05, 4.69) is 21.3 Å². The van der Waals surface area contributed by atoms with Crippen LogP contribution in [0.25, 0.3) is 0 Å². The lowest BCUT2D eigenvalue weighted by Crippen LogP contribution is -2.48. The van der Waals surface area contributed by atoms with E-state index >= 15 is 0 Å². The number of nitrogens with one attached hydrogen (secondary N) is 4. The molecule has 1 aliphatic carbocycles. The van der Waals surface area contributed by atoms with Gasteiger partial charge in [-0.2, -0.15) is 0 Å². The maximum Gasteiger partial charge on any atom is 0.411 e. The van der Waals surface area contributed by atoms with Crippen LogP contribution in [0.1, 0.15) is 43.0 Å². The minimum Gasteiger partial charge on any atom is -0.446 e. The molecule has 32 heavy (non-hydrogen) atoms. The van der Waals surface area contributed by atoms with Crippen molar-refractivity contribution in [3.05, 3.63) is 29.6 Å². The highest BCUT2D eigenvalue weighted by Gasteiger charge is 2.36. The van der Waals surface area contributed by atoms with Crippen LogP contribution in [0.4, 0.5) is 14.9 Å². The van der Waals surface area contributed by atoms with E-state index in [-0.39, 0.29) is 35.7 Å². The summed E-state index contributed by atoms with van der Waals surface area (Å²) < 4.78 is 18.9. The summed E-state index contributed by atoms with van der Waals surface area (Å²) >= 11 is 0. The van der Waals surface area contributed by atoms with Crippen LogP contribution in [0.15, 0.2) is 18.2 Å². The van der Waals surface area contributed by atoms with Crippen molar-refractivity contribution in [3.63, 3.8) is 0 Å². The van der Waals surface area contributed by atoms with E-state index in [4.69, 9.17) is 4.74 Å². The number of anilines is 1. The maximum absolute atomic E-state index is 13.9. The highest BCUT2D eigenvalue weighted by Crippen LogP contribution is 2.25. The summed E-state index contributed by atoms with van der Waals surface area (Å²) in [6, 6.07) is 1.72. The summed E-state index contributed by atoms with van der Waals surface area (Å²) in [6.07, 6.45) is 0.869. The number of benzene rings is 1. The zero-order valence-electron chi connectivity index (χ0n) is 17.7. The van der Waals surface area contributed by atoms with Crippen LogP contribution >= 0.6 is 0 Å². The van der Waals surface area contributed by atoms with Crippen molar-refractivity contribution in [3.8, 4) is 0 Å². The third kappa shape index (κ3) is 5.80.